The minimum absolute atomic E-state index is 0.0838. The zero-order chi connectivity index (χ0) is 21.2. The highest BCUT2D eigenvalue weighted by molar-refractivity contribution is 7.09. The molecule has 0 saturated carbocycles. The monoisotopic (exact) mass is 428 g/mol. The van der Waals surface area contributed by atoms with Crippen molar-refractivity contribution >= 4 is 17.2 Å². The summed E-state index contributed by atoms with van der Waals surface area (Å²) >= 11 is 1.26. The summed E-state index contributed by atoms with van der Waals surface area (Å²) in [5.74, 6) is -1.88. The van der Waals surface area contributed by atoms with Gasteiger partial charge in [-0.3, -0.25) is 4.79 Å². The number of nitrogens with zero attached hydrogens (tertiary/aromatic N) is 1. The molecule has 11 heteroatoms. The molecule has 29 heavy (non-hydrogen) atoms. The van der Waals surface area contributed by atoms with Crippen LogP contribution in [-0.2, 0) is 12.8 Å². The first-order valence-corrected chi connectivity index (χ1v) is 9.22. The Balaban J connectivity index is 1.66. The number of hydrogen-bond donors (Lipinski definition) is 4. The number of nitrogens with two attached hydrogens (primary N) is 1. The van der Waals surface area contributed by atoms with E-state index in [0.717, 1.165) is 12.1 Å². The van der Waals surface area contributed by atoms with Crippen LogP contribution < -0.4 is 11.1 Å². The number of aromatic amines is 1. The van der Waals surface area contributed by atoms with Crippen LogP contribution in [0.1, 0.15) is 32.8 Å². The van der Waals surface area contributed by atoms with Crippen molar-refractivity contribution in [2.75, 3.05) is 6.54 Å². The minimum Gasteiger partial charge on any atom is -0.390 e. The minimum atomic E-state index is -4.78. The number of amides is 1. The molecule has 3 rings (SSSR count). The lowest BCUT2D eigenvalue weighted by Crippen LogP contribution is -2.32. The van der Waals surface area contributed by atoms with Crippen LogP contribution in [0.4, 0.5) is 17.6 Å². The number of nitrogens with one attached hydrogen (secondary N) is 2. The molecule has 0 radical (unpaired) electrons. The lowest BCUT2D eigenvalue weighted by molar-refractivity contribution is -0.139. The number of thiazole rings is 1. The molecule has 0 saturated heterocycles. The van der Waals surface area contributed by atoms with E-state index in [4.69, 9.17) is 10.8 Å². The molecular formula is C18H16F4N4O2S. The highest BCUT2D eigenvalue weighted by Crippen LogP contribution is 2.33. The van der Waals surface area contributed by atoms with E-state index in [0.29, 0.717) is 22.5 Å². The molecule has 5 N–H and O–H groups in total. The zero-order valence-corrected chi connectivity index (χ0v) is 15.6. The molecule has 0 aliphatic heterocycles. The Morgan fingerprint density at radius 2 is 2.07 bits per heavy atom. The van der Waals surface area contributed by atoms with E-state index >= 15 is 0 Å². The topological polar surface area (TPSA) is 104 Å². The fourth-order valence-corrected chi connectivity index (χ4v) is 3.37. The van der Waals surface area contributed by atoms with Gasteiger partial charge in [0.25, 0.3) is 5.91 Å². The number of H-pyrrole nitrogens is 1. The predicted octanol–water partition coefficient (Wildman–Crippen LogP) is 3.22. The molecule has 0 fully saturated rings. The van der Waals surface area contributed by atoms with Crippen LogP contribution in [0, 0.1) is 5.82 Å². The van der Waals surface area contributed by atoms with Crippen molar-refractivity contribution in [2.24, 2.45) is 5.73 Å². The second-order valence-electron chi connectivity index (χ2n) is 6.13. The Hall–Kier alpha value is -2.76. The van der Waals surface area contributed by atoms with E-state index < -0.39 is 29.5 Å². The van der Waals surface area contributed by atoms with E-state index in [9.17, 15) is 22.4 Å². The summed E-state index contributed by atoms with van der Waals surface area (Å²) in [7, 11) is 0. The summed E-state index contributed by atoms with van der Waals surface area (Å²) in [6.07, 6.45) is -4.78. The van der Waals surface area contributed by atoms with Gasteiger partial charge in [-0.15, -0.1) is 11.3 Å². The van der Waals surface area contributed by atoms with Gasteiger partial charge in [-0.1, -0.05) is 6.07 Å². The van der Waals surface area contributed by atoms with E-state index in [1.807, 2.05) is 0 Å². The smallest absolute Gasteiger partial charge is 0.390 e. The van der Waals surface area contributed by atoms with Crippen molar-refractivity contribution in [1.29, 1.82) is 0 Å². The number of carbonyl (C=O) groups excluding carboxylic acids is 1. The third kappa shape index (κ3) is 4.81. The van der Waals surface area contributed by atoms with E-state index in [1.165, 1.54) is 23.5 Å². The van der Waals surface area contributed by atoms with E-state index in [1.54, 1.807) is 5.38 Å². The Morgan fingerprint density at radius 3 is 2.69 bits per heavy atom. The lowest BCUT2D eigenvalue weighted by Gasteiger charge is -2.10. The number of rotatable bonds is 6. The molecule has 0 aliphatic carbocycles. The van der Waals surface area contributed by atoms with Gasteiger partial charge in [0.1, 0.15) is 16.5 Å². The van der Waals surface area contributed by atoms with Crippen molar-refractivity contribution in [3.63, 3.8) is 0 Å². The average molecular weight is 428 g/mol. The number of aliphatic hydroxyl groups excluding tert-OH is 1. The van der Waals surface area contributed by atoms with Gasteiger partial charge in [0.05, 0.1) is 23.9 Å². The number of halogens is 4. The maximum Gasteiger partial charge on any atom is 0.419 e. The normalized spacial score (nSPS) is 12.8. The number of carbonyl (C=O) groups is 1. The third-order valence-corrected chi connectivity index (χ3v) is 5.07. The first kappa shape index (κ1) is 21.0. The van der Waals surface area contributed by atoms with Crippen molar-refractivity contribution in [3.05, 3.63) is 63.5 Å². The van der Waals surface area contributed by atoms with Gasteiger partial charge in [0.15, 0.2) is 0 Å². The van der Waals surface area contributed by atoms with Gasteiger partial charge >= 0.3 is 6.18 Å². The molecule has 6 nitrogen and oxygen atoms in total. The number of aromatic nitrogens is 2. The summed E-state index contributed by atoms with van der Waals surface area (Å²) in [6.45, 7) is -0.119. The van der Waals surface area contributed by atoms with Crippen molar-refractivity contribution in [2.45, 2.75) is 18.8 Å². The second kappa shape index (κ2) is 8.31. The van der Waals surface area contributed by atoms with Crippen LogP contribution in [0.25, 0.3) is 11.3 Å². The Bertz CT molecular complexity index is 1020. The van der Waals surface area contributed by atoms with Crippen LogP contribution in [0.15, 0.2) is 35.7 Å². The SMILES string of the molecule is N[C@@H](CNC(=O)c1ccc(-c2ccc(C(F)(F)F)c(F)c2)[nH]1)c1nc(CO)cs1. The van der Waals surface area contributed by atoms with Crippen LogP contribution in [-0.4, -0.2) is 27.5 Å². The summed E-state index contributed by atoms with van der Waals surface area (Å²) in [4.78, 5) is 19.1. The van der Waals surface area contributed by atoms with Gasteiger partial charge < -0.3 is 21.1 Å². The van der Waals surface area contributed by atoms with Crippen LogP contribution in [0.3, 0.4) is 0 Å². The highest BCUT2D eigenvalue weighted by Gasteiger charge is 2.34. The van der Waals surface area contributed by atoms with Gasteiger partial charge in [-0.25, -0.2) is 9.37 Å². The molecule has 1 atom stereocenters. The summed E-state index contributed by atoms with van der Waals surface area (Å²) in [5, 5.41) is 13.9. The molecule has 2 heterocycles. The molecule has 0 bridgehead atoms. The van der Waals surface area contributed by atoms with Gasteiger partial charge in [0.2, 0.25) is 0 Å². The van der Waals surface area contributed by atoms with Gasteiger partial charge in [-0.05, 0) is 24.3 Å². The fourth-order valence-electron chi connectivity index (χ4n) is 2.56. The summed E-state index contributed by atoms with van der Waals surface area (Å²) < 4.78 is 51.7. The molecule has 154 valence electrons. The van der Waals surface area contributed by atoms with Crippen molar-refractivity contribution in [3.8, 4) is 11.3 Å². The second-order valence-corrected chi connectivity index (χ2v) is 7.02. The average Bonchev–Trinajstić information content (AvgIpc) is 3.34. The van der Waals surface area contributed by atoms with Gasteiger partial charge in [0, 0.05) is 23.2 Å². The van der Waals surface area contributed by atoms with E-state index in [2.05, 4.69) is 15.3 Å². The lowest BCUT2D eigenvalue weighted by atomic mass is 10.1. The van der Waals surface area contributed by atoms with Crippen molar-refractivity contribution in [1.82, 2.24) is 15.3 Å². The number of hydrogen-bond acceptors (Lipinski definition) is 5. The third-order valence-electron chi connectivity index (χ3n) is 4.05. The van der Waals surface area contributed by atoms with Crippen LogP contribution in [0.5, 0.6) is 0 Å². The zero-order valence-electron chi connectivity index (χ0n) is 14.8. The summed E-state index contributed by atoms with van der Waals surface area (Å²) in [6, 6.07) is 4.86. The molecule has 1 amide bonds. The molecule has 0 spiro atoms. The van der Waals surface area contributed by atoms with Gasteiger partial charge in [-0.2, -0.15) is 13.2 Å². The predicted molar refractivity (Wildman–Crippen MR) is 98.5 cm³/mol. The Kier molecular flexibility index (Phi) is 6.01. The maximum atomic E-state index is 13.7. The highest BCUT2D eigenvalue weighted by atomic mass is 32.1. The van der Waals surface area contributed by atoms with Crippen LogP contribution >= 0.6 is 11.3 Å². The molecule has 0 aliphatic rings. The molecule has 1 aromatic carbocycles. The first-order chi connectivity index (χ1) is 13.7. The number of aliphatic hydroxyl groups is 1. The van der Waals surface area contributed by atoms with Crippen molar-refractivity contribution < 1.29 is 27.5 Å². The Labute approximate surface area is 166 Å². The maximum absolute atomic E-state index is 13.7. The molecule has 3 aromatic rings. The van der Waals surface area contributed by atoms with Crippen LogP contribution in [0.2, 0.25) is 0 Å². The van der Waals surface area contributed by atoms with E-state index in [-0.39, 0.29) is 24.4 Å². The fraction of sp³-hybridized carbons (Fsp3) is 0.222. The molecular weight excluding hydrogens is 412 g/mol. The standard InChI is InChI=1S/C18H16F4N4O2S/c19-12-5-9(1-2-11(12)18(20,21)22)14-3-4-15(26-14)16(28)24-6-13(23)17-25-10(7-27)8-29-17/h1-5,8,13,26-27H,6-7,23H2,(H,24,28)/t13-/m0/s1. The quantitative estimate of drug-likeness (QED) is 0.453. The number of alkyl halides is 3. The molecule has 0 unspecified atom stereocenters. The summed E-state index contributed by atoms with van der Waals surface area (Å²) in [5.41, 5.74) is 5.70. The largest absolute Gasteiger partial charge is 0.419 e. The Morgan fingerprint density at radius 1 is 1.31 bits per heavy atom. The number of benzene rings is 1. The molecule has 2 aromatic heterocycles. The first-order valence-electron chi connectivity index (χ1n) is 8.34.